The van der Waals surface area contributed by atoms with Gasteiger partial charge in [0.15, 0.2) is 0 Å². The lowest BCUT2D eigenvalue weighted by molar-refractivity contribution is 0.0621. The van der Waals surface area contributed by atoms with Crippen molar-refractivity contribution in [2.24, 2.45) is 0 Å². The summed E-state index contributed by atoms with van der Waals surface area (Å²) in [5.74, 6) is 0. The Morgan fingerprint density at radius 2 is 1.36 bits per heavy atom. The smallest absolute Gasteiger partial charge is 0.0917 e. The molecule has 3 aromatic rings. The average Bonchev–Trinajstić information content (AvgIpc) is 2.75. The Morgan fingerprint density at radius 3 is 1.93 bits per heavy atom. The molecule has 0 fully saturated rings. The van der Waals surface area contributed by atoms with Gasteiger partial charge in [-0.15, -0.1) is 0 Å². The molecule has 0 heterocycles. The number of nitrogens with zero attached hydrogens (tertiary/aromatic N) is 1. The summed E-state index contributed by atoms with van der Waals surface area (Å²) in [6.45, 7) is 1.15. The fourth-order valence-corrected chi connectivity index (χ4v) is 3.44. The van der Waals surface area contributed by atoms with Gasteiger partial charge in [-0.3, -0.25) is 4.90 Å². The first-order valence-corrected chi connectivity index (χ1v) is 9.64. The van der Waals surface area contributed by atoms with Crippen LogP contribution >= 0.6 is 0 Å². The lowest BCUT2D eigenvalue weighted by Gasteiger charge is -2.32. The Bertz CT molecular complexity index is 822. The molecule has 3 aromatic carbocycles. The van der Waals surface area contributed by atoms with Gasteiger partial charge in [0.1, 0.15) is 0 Å². The van der Waals surface area contributed by atoms with E-state index in [2.05, 4.69) is 4.90 Å². The van der Waals surface area contributed by atoms with Crippen molar-refractivity contribution in [3.05, 3.63) is 102 Å². The lowest BCUT2D eigenvalue weighted by atomic mass is 10.0. The lowest BCUT2D eigenvalue weighted by Crippen LogP contribution is -2.36. The summed E-state index contributed by atoms with van der Waals surface area (Å²) in [6.07, 6.45) is 0.191. The van der Waals surface area contributed by atoms with Gasteiger partial charge in [-0.1, -0.05) is 72.8 Å². The monoisotopic (exact) mass is 376 g/mol. The summed E-state index contributed by atoms with van der Waals surface area (Å²) in [6, 6.07) is 27.3. The van der Waals surface area contributed by atoms with Crippen molar-refractivity contribution in [2.75, 3.05) is 25.4 Å². The van der Waals surface area contributed by atoms with Gasteiger partial charge in [-0.05, 0) is 35.2 Å². The molecule has 146 valence electrons. The first-order valence-electron chi connectivity index (χ1n) is 9.64. The highest BCUT2D eigenvalue weighted by Gasteiger charge is 2.22. The zero-order chi connectivity index (χ0) is 19.8. The van der Waals surface area contributed by atoms with E-state index in [1.54, 1.807) is 0 Å². The number of hydrogen-bond acceptors (Lipinski definition) is 4. The number of anilines is 1. The van der Waals surface area contributed by atoms with Gasteiger partial charge in [0.25, 0.3) is 0 Å². The fraction of sp³-hybridized carbons (Fsp3) is 0.250. The number of rotatable bonds is 9. The molecule has 1 unspecified atom stereocenters. The van der Waals surface area contributed by atoms with E-state index in [4.69, 9.17) is 5.73 Å². The highest BCUT2D eigenvalue weighted by molar-refractivity contribution is 5.39. The van der Waals surface area contributed by atoms with Crippen LogP contribution in [0.2, 0.25) is 0 Å². The molecule has 0 aliphatic heterocycles. The quantitative estimate of drug-likeness (QED) is 0.499. The zero-order valence-electron chi connectivity index (χ0n) is 16.0. The molecule has 4 N–H and O–H groups in total. The fourth-order valence-electron chi connectivity index (χ4n) is 3.44. The minimum Gasteiger partial charge on any atom is -0.399 e. The van der Waals surface area contributed by atoms with E-state index in [0.29, 0.717) is 13.1 Å². The molecule has 28 heavy (non-hydrogen) atoms. The van der Waals surface area contributed by atoms with Gasteiger partial charge >= 0.3 is 0 Å². The van der Waals surface area contributed by atoms with E-state index < -0.39 is 6.10 Å². The second kappa shape index (κ2) is 10.0. The maximum Gasteiger partial charge on any atom is 0.0917 e. The highest BCUT2D eigenvalue weighted by Crippen LogP contribution is 2.24. The Morgan fingerprint density at radius 1 is 0.786 bits per heavy atom. The number of aliphatic hydroxyl groups is 2. The SMILES string of the molecule is Nc1ccc(CCN(C[C@@H](O)c2ccccc2)C(CO)c2ccccc2)cc1. The molecule has 0 saturated heterocycles. The van der Waals surface area contributed by atoms with Crippen LogP contribution in [0.25, 0.3) is 0 Å². The Balaban J connectivity index is 1.78. The van der Waals surface area contributed by atoms with Crippen LogP contribution in [0.5, 0.6) is 0 Å². The van der Waals surface area contributed by atoms with Crippen molar-refractivity contribution in [1.29, 1.82) is 0 Å². The second-order valence-electron chi connectivity index (χ2n) is 7.02. The molecule has 0 bridgehead atoms. The van der Waals surface area contributed by atoms with Crippen LogP contribution in [0.3, 0.4) is 0 Å². The van der Waals surface area contributed by atoms with Crippen LogP contribution in [-0.2, 0) is 6.42 Å². The topological polar surface area (TPSA) is 69.7 Å². The molecule has 0 saturated carbocycles. The van der Waals surface area contributed by atoms with Gasteiger partial charge in [0.2, 0.25) is 0 Å². The molecule has 0 spiro atoms. The molecular formula is C24H28N2O2. The Kier molecular flexibility index (Phi) is 7.20. The number of hydrogen-bond donors (Lipinski definition) is 3. The summed E-state index contributed by atoms with van der Waals surface area (Å²) in [5, 5.41) is 20.9. The molecule has 0 amide bonds. The molecule has 4 nitrogen and oxygen atoms in total. The molecule has 2 atom stereocenters. The van der Waals surface area contributed by atoms with E-state index in [9.17, 15) is 10.2 Å². The predicted octanol–water partition coefficient (Wildman–Crippen LogP) is 3.58. The summed E-state index contributed by atoms with van der Waals surface area (Å²) in [5.41, 5.74) is 9.63. The molecule has 0 aromatic heterocycles. The van der Waals surface area contributed by atoms with Gasteiger partial charge in [-0.25, -0.2) is 0 Å². The van der Waals surface area contributed by atoms with E-state index in [0.717, 1.165) is 23.2 Å². The second-order valence-corrected chi connectivity index (χ2v) is 7.02. The average molecular weight is 377 g/mol. The van der Waals surface area contributed by atoms with Crippen molar-refractivity contribution >= 4 is 5.69 Å². The van der Waals surface area contributed by atoms with Crippen molar-refractivity contribution < 1.29 is 10.2 Å². The largest absolute Gasteiger partial charge is 0.399 e. The van der Waals surface area contributed by atoms with Crippen LogP contribution in [0.4, 0.5) is 5.69 Å². The number of benzene rings is 3. The Labute approximate surface area is 166 Å². The summed E-state index contributed by atoms with van der Waals surface area (Å²) < 4.78 is 0. The molecule has 3 rings (SSSR count). The molecule has 0 aliphatic rings. The molecular weight excluding hydrogens is 348 g/mol. The first kappa shape index (κ1) is 20.1. The maximum absolute atomic E-state index is 10.8. The van der Waals surface area contributed by atoms with Gasteiger partial charge in [0.05, 0.1) is 18.8 Å². The minimum absolute atomic E-state index is 0.00669. The standard InChI is InChI=1S/C24H28N2O2/c25-22-13-11-19(12-14-22)15-16-26(17-24(28)21-9-5-2-6-10-21)23(18-27)20-7-3-1-4-8-20/h1-14,23-24,27-28H,15-18,25H2/t23?,24-/m1/s1. The highest BCUT2D eigenvalue weighted by atomic mass is 16.3. The maximum atomic E-state index is 10.8. The zero-order valence-corrected chi connectivity index (χ0v) is 16.0. The van der Waals surface area contributed by atoms with Gasteiger partial charge in [0, 0.05) is 18.8 Å². The van der Waals surface area contributed by atoms with Crippen molar-refractivity contribution in [1.82, 2.24) is 4.90 Å². The van der Waals surface area contributed by atoms with Crippen LogP contribution in [0.1, 0.15) is 28.8 Å². The summed E-state index contributed by atoms with van der Waals surface area (Å²) in [4.78, 5) is 2.16. The van der Waals surface area contributed by atoms with Crippen LogP contribution in [-0.4, -0.2) is 34.8 Å². The van der Waals surface area contributed by atoms with Crippen molar-refractivity contribution in [2.45, 2.75) is 18.6 Å². The van der Waals surface area contributed by atoms with E-state index in [1.807, 2.05) is 84.9 Å². The first-order chi connectivity index (χ1) is 13.7. The normalized spacial score (nSPS) is 13.4. The third kappa shape index (κ3) is 5.42. The van der Waals surface area contributed by atoms with Gasteiger partial charge in [-0.2, -0.15) is 0 Å². The van der Waals surface area contributed by atoms with E-state index >= 15 is 0 Å². The third-order valence-electron chi connectivity index (χ3n) is 5.06. The minimum atomic E-state index is -0.620. The predicted molar refractivity (Wildman–Crippen MR) is 114 cm³/mol. The van der Waals surface area contributed by atoms with E-state index in [1.165, 1.54) is 5.56 Å². The van der Waals surface area contributed by atoms with Crippen LogP contribution in [0, 0.1) is 0 Å². The summed E-state index contributed by atoms with van der Waals surface area (Å²) >= 11 is 0. The summed E-state index contributed by atoms with van der Waals surface area (Å²) in [7, 11) is 0. The Hall–Kier alpha value is -2.66. The number of aliphatic hydroxyl groups excluding tert-OH is 2. The van der Waals surface area contributed by atoms with E-state index in [-0.39, 0.29) is 12.6 Å². The van der Waals surface area contributed by atoms with Crippen molar-refractivity contribution in [3.63, 3.8) is 0 Å². The molecule has 0 radical (unpaired) electrons. The van der Waals surface area contributed by atoms with Gasteiger partial charge < -0.3 is 15.9 Å². The van der Waals surface area contributed by atoms with Crippen LogP contribution < -0.4 is 5.73 Å². The third-order valence-corrected chi connectivity index (χ3v) is 5.06. The molecule has 0 aliphatic carbocycles. The number of nitrogens with two attached hydrogens (primary N) is 1. The van der Waals surface area contributed by atoms with Crippen molar-refractivity contribution in [3.8, 4) is 0 Å². The number of nitrogen functional groups attached to an aromatic ring is 1. The molecule has 4 heteroatoms. The van der Waals surface area contributed by atoms with Crippen LogP contribution in [0.15, 0.2) is 84.9 Å².